The molecule has 8 heteroatoms. The predicted molar refractivity (Wildman–Crippen MR) is 71.7 cm³/mol. The van der Waals surface area contributed by atoms with Gasteiger partial charge in [0.15, 0.2) is 0 Å². The first kappa shape index (κ1) is 15.4. The average molecular weight is 281 g/mol. The molecule has 1 aromatic carbocycles. The summed E-state index contributed by atoms with van der Waals surface area (Å²) in [5.74, 6) is -1.14. The monoisotopic (exact) mass is 281 g/mol. The van der Waals surface area contributed by atoms with Crippen LogP contribution in [0.4, 0.5) is 16.2 Å². The van der Waals surface area contributed by atoms with Crippen LogP contribution < -0.4 is 10.6 Å². The number of carbonyl (C=O) groups excluding carboxylic acids is 1. The van der Waals surface area contributed by atoms with E-state index < -0.39 is 23.0 Å². The van der Waals surface area contributed by atoms with Crippen LogP contribution in [0.2, 0.25) is 0 Å². The maximum Gasteiger partial charge on any atom is 0.326 e. The fourth-order valence-corrected chi connectivity index (χ4v) is 1.55. The summed E-state index contributed by atoms with van der Waals surface area (Å²) in [6.07, 6.45) is 0.233. The van der Waals surface area contributed by atoms with Crippen LogP contribution >= 0.6 is 0 Å². The van der Waals surface area contributed by atoms with Gasteiger partial charge in [-0.1, -0.05) is 13.0 Å². The molecule has 0 unspecified atom stereocenters. The van der Waals surface area contributed by atoms with Crippen molar-refractivity contribution in [2.75, 3.05) is 5.32 Å². The van der Waals surface area contributed by atoms with Gasteiger partial charge in [-0.25, -0.2) is 9.59 Å². The van der Waals surface area contributed by atoms with Gasteiger partial charge in [-0.3, -0.25) is 10.1 Å². The molecule has 1 rings (SSSR count). The summed E-state index contributed by atoms with van der Waals surface area (Å²) in [7, 11) is 0. The van der Waals surface area contributed by atoms with Crippen LogP contribution in [-0.4, -0.2) is 28.1 Å². The molecule has 0 aliphatic heterocycles. The van der Waals surface area contributed by atoms with Gasteiger partial charge in [0.25, 0.3) is 5.69 Å². The molecule has 8 nitrogen and oxygen atoms in total. The van der Waals surface area contributed by atoms with Crippen molar-refractivity contribution in [1.82, 2.24) is 5.32 Å². The smallest absolute Gasteiger partial charge is 0.326 e. The number of hydrogen-bond donors (Lipinski definition) is 3. The Labute approximate surface area is 114 Å². The molecular formula is C12H15N3O5. The summed E-state index contributed by atoms with van der Waals surface area (Å²) in [4.78, 5) is 32.6. The van der Waals surface area contributed by atoms with Crippen molar-refractivity contribution in [3.8, 4) is 0 Å². The number of carboxylic acid groups (broad SMARTS) is 1. The highest BCUT2D eigenvalue weighted by molar-refractivity contribution is 5.92. The Morgan fingerprint density at radius 2 is 2.10 bits per heavy atom. The molecule has 20 heavy (non-hydrogen) atoms. The van der Waals surface area contributed by atoms with Crippen LogP contribution in [0.1, 0.15) is 18.9 Å². The van der Waals surface area contributed by atoms with Crippen LogP contribution in [0.15, 0.2) is 18.2 Å². The number of nitrogens with one attached hydrogen (secondary N) is 2. The summed E-state index contributed by atoms with van der Waals surface area (Å²) in [6, 6.07) is 2.50. The van der Waals surface area contributed by atoms with Crippen LogP contribution in [0.5, 0.6) is 0 Å². The lowest BCUT2D eigenvalue weighted by molar-refractivity contribution is -0.385. The highest BCUT2D eigenvalue weighted by Crippen LogP contribution is 2.22. The van der Waals surface area contributed by atoms with Crippen molar-refractivity contribution in [2.45, 2.75) is 26.3 Å². The second-order valence-electron chi connectivity index (χ2n) is 4.16. The third kappa shape index (κ3) is 3.94. The van der Waals surface area contributed by atoms with Crippen molar-refractivity contribution in [3.63, 3.8) is 0 Å². The number of hydrogen-bond acceptors (Lipinski definition) is 4. The molecule has 0 aromatic heterocycles. The number of aryl methyl sites for hydroxylation is 1. The van der Waals surface area contributed by atoms with Crippen LogP contribution in [-0.2, 0) is 4.79 Å². The number of anilines is 1. The largest absolute Gasteiger partial charge is 0.480 e. The van der Waals surface area contributed by atoms with Crippen molar-refractivity contribution >= 4 is 23.4 Å². The Hall–Kier alpha value is -2.64. The molecule has 0 aliphatic rings. The molecule has 2 amide bonds. The lowest BCUT2D eigenvalue weighted by Gasteiger charge is -2.13. The Morgan fingerprint density at radius 1 is 1.45 bits per heavy atom. The van der Waals surface area contributed by atoms with Gasteiger partial charge in [0, 0.05) is 17.3 Å². The van der Waals surface area contributed by atoms with E-state index in [0.717, 1.165) is 0 Å². The molecule has 108 valence electrons. The number of nitro benzene ring substituents is 1. The van der Waals surface area contributed by atoms with Gasteiger partial charge in [-0.05, 0) is 19.4 Å². The second-order valence-corrected chi connectivity index (χ2v) is 4.16. The van der Waals surface area contributed by atoms with E-state index in [1.54, 1.807) is 13.8 Å². The van der Waals surface area contributed by atoms with Crippen LogP contribution in [0, 0.1) is 17.0 Å². The summed E-state index contributed by atoms with van der Waals surface area (Å²) >= 11 is 0. The quantitative estimate of drug-likeness (QED) is 0.562. The van der Waals surface area contributed by atoms with E-state index in [1.807, 2.05) is 0 Å². The summed E-state index contributed by atoms with van der Waals surface area (Å²) in [5, 5.41) is 24.2. The zero-order valence-electron chi connectivity index (χ0n) is 11.0. The zero-order chi connectivity index (χ0) is 15.3. The minimum atomic E-state index is -1.14. The zero-order valence-corrected chi connectivity index (χ0v) is 11.0. The Bertz CT molecular complexity index is 544. The number of carbonyl (C=O) groups is 2. The second kappa shape index (κ2) is 6.50. The Balaban J connectivity index is 2.78. The van der Waals surface area contributed by atoms with E-state index in [0.29, 0.717) is 5.56 Å². The summed E-state index contributed by atoms with van der Waals surface area (Å²) in [5.41, 5.74) is 0.575. The van der Waals surface area contributed by atoms with Crippen molar-refractivity contribution in [2.24, 2.45) is 0 Å². The highest BCUT2D eigenvalue weighted by atomic mass is 16.6. The Kier molecular flexibility index (Phi) is 5.01. The summed E-state index contributed by atoms with van der Waals surface area (Å²) < 4.78 is 0. The molecule has 3 N–H and O–H groups in total. The number of aliphatic carboxylic acids is 1. The molecule has 0 saturated heterocycles. The van der Waals surface area contributed by atoms with Crippen molar-refractivity contribution < 1.29 is 19.6 Å². The van der Waals surface area contributed by atoms with E-state index in [4.69, 9.17) is 5.11 Å². The van der Waals surface area contributed by atoms with E-state index in [2.05, 4.69) is 10.6 Å². The van der Waals surface area contributed by atoms with E-state index in [-0.39, 0.29) is 17.8 Å². The summed E-state index contributed by atoms with van der Waals surface area (Å²) in [6.45, 7) is 3.20. The number of nitrogens with zero attached hydrogens (tertiary/aromatic N) is 1. The fourth-order valence-electron chi connectivity index (χ4n) is 1.55. The third-order valence-electron chi connectivity index (χ3n) is 2.68. The SMILES string of the molecule is CC[C@H](NC(=O)Nc1ccc(C)c([N+](=O)[O-])c1)C(=O)O. The van der Waals surface area contributed by atoms with E-state index in [1.165, 1.54) is 18.2 Å². The normalized spacial score (nSPS) is 11.5. The van der Waals surface area contributed by atoms with Crippen LogP contribution in [0.25, 0.3) is 0 Å². The molecule has 0 heterocycles. The first-order valence-electron chi connectivity index (χ1n) is 5.90. The van der Waals surface area contributed by atoms with E-state index in [9.17, 15) is 19.7 Å². The number of amides is 2. The molecule has 0 spiro atoms. The lowest BCUT2D eigenvalue weighted by atomic mass is 10.2. The average Bonchev–Trinajstić information content (AvgIpc) is 2.37. The molecule has 0 bridgehead atoms. The first-order chi connectivity index (χ1) is 9.35. The number of rotatable bonds is 5. The number of nitro groups is 1. The highest BCUT2D eigenvalue weighted by Gasteiger charge is 2.18. The molecule has 0 radical (unpaired) electrons. The third-order valence-corrected chi connectivity index (χ3v) is 2.68. The first-order valence-corrected chi connectivity index (χ1v) is 5.90. The van der Waals surface area contributed by atoms with Gasteiger partial charge in [-0.15, -0.1) is 0 Å². The standard InChI is InChI=1S/C12H15N3O5/c1-3-9(11(16)17)14-12(18)13-8-5-4-7(2)10(6-8)15(19)20/h4-6,9H,3H2,1-2H3,(H,16,17)(H2,13,14,18)/t9-/m0/s1. The number of benzene rings is 1. The van der Waals surface area contributed by atoms with E-state index >= 15 is 0 Å². The lowest BCUT2D eigenvalue weighted by Crippen LogP contribution is -2.42. The van der Waals surface area contributed by atoms with Gasteiger partial charge >= 0.3 is 12.0 Å². The molecule has 0 saturated carbocycles. The number of carboxylic acids is 1. The Morgan fingerprint density at radius 3 is 2.60 bits per heavy atom. The van der Waals surface area contributed by atoms with Gasteiger partial charge in [0.1, 0.15) is 6.04 Å². The van der Waals surface area contributed by atoms with Gasteiger partial charge in [-0.2, -0.15) is 0 Å². The van der Waals surface area contributed by atoms with Gasteiger partial charge in [0.2, 0.25) is 0 Å². The molecule has 0 fully saturated rings. The minimum absolute atomic E-state index is 0.118. The van der Waals surface area contributed by atoms with Crippen LogP contribution in [0.3, 0.4) is 0 Å². The molecular weight excluding hydrogens is 266 g/mol. The molecule has 1 aromatic rings. The van der Waals surface area contributed by atoms with Crippen molar-refractivity contribution in [1.29, 1.82) is 0 Å². The maximum absolute atomic E-state index is 11.6. The predicted octanol–water partition coefficient (Wildman–Crippen LogP) is 1.89. The number of urea groups is 1. The van der Waals surface area contributed by atoms with Gasteiger partial charge < -0.3 is 15.7 Å². The minimum Gasteiger partial charge on any atom is -0.480 e. The van der Waals surface area contributed by atoms with Crippen molar-refractivity contribution in [3.05, 3.63) is 33.9 Å². The molecule has 0 aliphatic carbocycles. The topological polar surface area (TPSA) is 122 Å². The fraction of sp³-hybridized carbons (Fsp3) is 0.333. The molecule has 1 atom stereocenters. The van der Waals surface area contributed by atoms with Gasteiger partial charge in [0.05, 0.1) is 4.92 Å². The maximum atomic E-state index is 11.6.